The Kier molecular flexibility index (Phi) is 9.58. The van der Waals surface area contributed by atoms with Gasteiger partial charge in [-0.15, -0.1) is 11.8 Å². The highest BCUT2D eigenvalue weighted by Crippen LogP contribution is 2.35. The van der Waals surface area contributed by atoms with Gasteiger partial charge in [0.2, 0.25) is 11.8 Å². The molecule has 0 unspecified atom stereocenters. The van der Waals surface area contributed by atoms with Crippen molar-refractivity contribution in [2.45, 2.75) is 9.24 Å². The first-order chi connectivity index (χ1) is 15.8. The number of halogens is 4. The Morgan fingerprint density at radius 1 is 0.879 bits per heavy atom. The van der Waals surface area contributed by atoms with Crippen LogP contribution in [0, 0.1) is 11.3 Å². The fourth-order valence-electron chi connectivity index (χ4n) is 2.40. The normalized spacial score (nSPS) is 10.5. The van der Waals surface area contributed by atoms with Crippen molar-refractivity contribution in [2.24, 2.45) is 0 Å². The van der Waals surface area contributed by atoms with Crippen LogP contribution < -0.4 is 10.6 Å². The first-order valence-electron chi connectivity index (χ1n) is 8.93. The molecule has 0 fully saturated rings. The van der Waals surface area contributed by atoms with Gasteiger partial charge in [-0.3, -0.25) is 9.59 Å². The molecule has 3 aromatic rings. The van der Waals surface area contributed by atoms with Crippen molar-refractivity contribution >= 4 is 105 Å². The summed E-state index contributed by atoms with van der Waals surface area (Å²) in [7, 11) is 0. The lowest BCUT2D eigenvalue weighted by molar-refractivity contribution is -0.114. The third-order valence-electron chi connectivity index (χ3n) is 3.87. The van der Waals surface area contributed by atoms with E-state index in [-0.39, 0.29) is 23.3 Å². The number of nitrogens with one attached hydrogen (secondary N) is 2. The summed E-state index contributed by atoms with van der Waals surface area (Å²) >= 11 is 27.6. The smallest absolute Gasteiger partial charge is 0.234 e. The summed E-state index contributed by atoms with van der Waals surface area (Å²) in [5.74, 6) is -0.668. The number of hydrogen-bond acceptors (Lipinski definition) is 7. The molecule has 0 bridgehead atoms. The van der Waals surface area contributed by atoms with Crippen LogP contribution in [0.4, 0.5) is 11.4 Å². The summed E-state index contributed by atoms with van der Waals surface area (Å²) in [6.07, 6.45) is 0. The van der Waals surface area contributed by atoms with E-state index < -0.39 is 0 Å². The van der Waals surface area contributed by atoms with Crippen molar-refractivity contribution in [3.8, 4) is 6.07 Å². The lowest BCUT2D eigenvalue weighted by Crippen LogP contribution is -2.15. The van der Waals surface area contributed by atoms with Crippen LogP contribution in [0.1, 0.15) is 5.56 Å². The van der Waals surface area contributed by atoms with Crippen LogP contribution in [0.5, 0.6) is 0 Å². The molecule has 0 saturated carbocycles. The van der Waals surface area contributed by atoms with Gasteiger partial charge < -0.3 is 10.6 Å². The van der Waals surface area contributed by atoms with Crippen LogP contribution in [0.25, 0.3) is 0 Å². The Labute approximate surface area is 222 Å². The van der Waals surface area contributed by atoms with Crippen molar-refractivity contribution in [1.82, 2.24) is 4.37 Å². The fourth-order valence-corrected chi connectivity index (χ4v) is 6.08. The van der Waals surface area contributed by atoms with Crippen LogP contribution in [0.3, 0.4) is 0 Å². The SMILES string of the molecule is N#Cc1c(SCC(=O)Nc2c(Cl)cccc2Cl)nsc1SCC(=O)Nc1c(Cl)cccc1Cl. The Balaban J connectivity index is 1.58. The van der Waals surface area contributed by atoms with E-state index in [9.17, 15) is 14.9 Å². The van der Waals surface area contributed by atoms with E-state index in [2.05, 4.69) is 21.1 Å². The molecule has 6 nitrogen and oxygen atoms in total. The molecule has 0 aliphatic heterocycles. The van der Waals surface area contributed by atoms with Gasteiger partial charge in [0.25, 0.3) is 0 Å². The van der Waals surface area contributed by atoms with Crippen molar-refractivity contribution < 1.29 is 9.59 Å². The highest BCUT2D eigenvalue weighted by molar-refractivity contribution is 8.02. The number of benzene rings is 2. The maximum atomic E-state index is 12.3. The molecule has 0 saturated heterocycles. The zero-order valence-corrected chi connectivity index (χ0v) is 21.8. The molecule has 2 N–H and O–H groups in total. The lowest BCUT2D eigenvalue weighted by atomic mass is 10.3. The van der Waals surface area contributed by atoms with Crippen molar-refractivity contribution in [3.63, 3.8) is 0 Å². The molecule has 0 spiro atoms. The van der Waals surface area contributed by atoms with Gasteiger partial charge >= 0.3 is 0 Å². The minimum absolute atomic E-state index is 0.00440. The lowest BCUT2D eigenvalue weighted by Gasteiger charge is -2.08. The highest BCUT2D eigenvalue weighted by atomic mass is 35.5. The number of carbonyl (C=O) groups is 2. The van der Waals surface area contributed by atoms with Gasteiger partial charge in [0.1, 0.15) is 20.9 Å². The van der Waals surface area contributed by atoms with E-state index in [0.29, 0.717) is 46.3 Å². The van der Waals surface area contributed by atoms with Crippen LogP contribution >= 0.6 is 81.5 Å². The maximum Gasteiger partial charge on any atom is 0.234 e. The molecule has 170 valence electrons. The molecule has 0 atom stereocenters. The number of hydrogen-bond donors (Lipinski definition) is 2. The van der Waals surface area contributed by atoms with E-state index >= 15 is 0 Å². The topological polar surface area (TPSA) is 94.9 Å². The quantitative estimate of drug-likeness (QED) is 0.277. The monoisotopic (exact) mass is 576 g/mol. The zero-order valence-electron chi connectivity index (χ0n) is 16.3. The summed E-state index contributed by atoms with van der Waals surface area (Å²) in [6.45, 7) is 0. The average Bonchev–Trinajstić information content (AvgIpc) is 3.18. The largest absolute Gasteiger partial charge is 0.323 e. The van der Waals surface area contributed by atoms with Gasteiger partial charge in [-0.05, 0) is 35.8 Å². The Bertz CT molecular complexity index is 1120. The van der Waals surface area contributed by atoms with E-state index in [1.54, 1.807) is 36.4 Å². The maximum absolute atomic E-state index is 12.3. The molecule has 2 amide bonds. The van der Waals surface area contributed by atoms with Gasteiger partial charge in [0, 0.05) is 0 Å². The third-order valence-corrected chi connectivity index (χ3v) is 8.31. The molecule has 0 aliphatic carbocycles. The van der Waals surface area contributed by atoms with Crippen LogP contribution in [-0.2, 0) is 9.59 Å². The van der Waals surface area contributed by atoms with Crippen LogP contribution in [-0.4, -0.2) is 27.7 Å². The predicted octanol–water partition coefficient (Wildman–Crippen LogP) is 7.09. The zero-order chi connectivity index (χ0) is 24.0. The number of aromatic nitrogens is 1. The molecular formula is C20H12Cl4N4O2S3. The second-order valence-corrected chi connectivity index (χ2v) is 10.7. The molecule has 3 rings (SSSR count). The molecule has 0 radical (unpaired) electrons. The summed E-state index contributed by atoms with van der Waals surface area (Å²) in [4.78, 5) is 24.6. The number of nitrogens with zero attached hydrogens (tertiary/aromatic N) is 2. The highest BCUT2D eigenvalue weighted by Gasteiger charge is 2.18. The Morgan fingerprint density at radius 2 is 1.33 bits per heavy atom. The number of nitriles is 1. The van der Waals surface area contributed by atoms with Crippen LogP contribution in [0.2, 0.25) is 20.1 Å². The summed E-state index contributed by atoms with van der Waals surface area (Å²) in [6, 6.07) is 11.9. The standard InChI is InChI=1S/C20H12Cl4N4O2S3/c21-11-3-1-4-12(22)17(11)26-15(29)8-31-19-10(7-25)20(33-28-19)32-9-16(30)27-18-13(23)5-2-6-14(18)24/h1-6H,8-9H2,(H,26,29)(H,27,30). The van der Waals surface area contributed by atoms with Crippen LogP contribution in [0.15, 0.2) is 45.6 Å². The first-order valence-corrected chi connectivity index (χ1v) is 13.2. The molecule has 1 heterocycles. The predicted molar refractivity (Wildman–Crippen MR) is 138 cm³/mol. The average molecular weight is 578 g/mol. The summed E-state index contributed by atoms with van der Waals surface area (Å²) in [5.41, 5.74) is 0.963. The number of rotatable bonds is 8. The molecule has 1 aromatic heterocycles. The third kappa shape index (κ3) is 6.93. The second-order valence-electron chi connectivity index (χ2n) is 6.13. The van der Waals surface area contributed by atoms with Gasteiger partial charge in [0.05, 0.1) is 43.0 Å². The molecule has 0 aliphatic rings. The molecule has 33 heavy (non-hydrogen) atoms. The van der Waals surface area contributed by atoms with Gasteiger partial charge in [0.15, 0.2) is 0 Å². The fraction of sp³-hybridized carbons (Fsp3) is 0.100. The minimum Gasteiger partial charge on any atom is -0.323 e. The molecular weight excluding hydrogens is 566 g/mol. The van der Waals surface area contributed by atoms with E-state index in [1.807, 2.05) is 0 Å². The molecule has 13 heteroatoms. The number of para-hydroxylation sites is 2. The molecule has 2 aromatic carbocycles. The minimum atomic E-state index is -0.350. The number of thioether (sulfide) groups is 2. The van der Waals surface area contributed by atoms with Gasteiger partial charge in [-0.25, -0.2) is 0 Å². The first kappa shape index (κ1) is 26.0. The van der Waals surface area contributed by atoms with Gasteiger partial charge in [-0.2, -0.15) is 9.64 Å². The number of amides is 2. The van der Waals surface area contributed by atoms with E-state index in [1.165, 1.54) is 0 Å². The van der Waals surface area contributed by atoms with Gasteiger partial charge in [-0.1, -0.05) is 70.3 Å². The Morgan fingerprint density at radius 3 is 1.79 bits per heavy atom. The summed E-state index contributed by atoms with van der Waals surface area (Å²) in [5, 5.41) is 16.6. The second kappa shape index (κ2) is 12.2. The number of anilines is 2. The number of carbonyl (C=O) groups excluding carboxylic acids is 2. The van der Waals surface area contributed by atoms with Crippen molar-refractivity contribution in [2.75, 3.05) is 22.1 Å². The Hall–Kier alpha value is -1.64. The van der Waals surface area contributed by atoms with Crippen molar-refractivity contribution in [1.29, 1.82) is 5.26 Å². The summed E-state index contributed by atoms with van der Waals surface area (Å²) < 4.78 is 4.81. The van der Waals surface area contributed by atoms with E-state index in [4.69, 9.17) is 46.4 Å². The van der Waals surface area contributed by atoms with E-state index in [0.717, 1.165) is 35.1 Å². The van der Waals surface area contributed by atoms with Crippen molar-refractivity contribution in [3.05, 3.63) is 62.1 Å².